The van der Waals surface area contributed by atoms with Crippen molar-refractivity contribution in [3.8, 4) is 11.5 Å². The lowest BCUT2D eigenvalue weighted by molar-refractivity contribution is -0.225. The summed E-state index contributed by atoms with van der Waals surface area (Å²) in [5, 5.41) is 70.0. The maximum Gasteiger partial charge on any atom is 0.490 e. The molecule has 0 spiro atoms. The minimum absolute atomic E-state index is 0. The molecule has 2 unspecified atom stereocenters. The molecule has 8 fully saturated rings. The van der Waals surface area contributed by atoms with E-state index in [0.717, 1.165) is 61.2 Å². The molecule has 11 N–H and O–H groups in total. The molecule has 123 heavy (non-hydrogen) atoms. The Labute approximate surface area is 708 Å². The van der Waals surface area contributed by atoms with Gasteiger partial charge >= 0.3 is 18.1 Å². The molecule has 4 heterocycles. The fraction of sp³-hybridized carbons (Fsp3) is 0.607. The average molecular weight is 1730 g/mol. The summed E-state index contributed by atoms with van der Waals surface area (Å²) in [5.41, 5.74) is -5.17. The van der Waals surface area contributed by atoms with Crippen LogP contribution in [-0.2, 0) is 52.7 Å². The van der Waals surface area contributed by atoms with Crippen LogP contribution in [-0.4, -0.2) is 208 Å². The highest BCUT2D eigenvalue weighted by molar-refractivity contribution is 6.25. The molecule has 0 bridgehead atoms. The first kappa shape index (κ1) is 95.3. The van der Waals surface area contributed by atoms with Gasteiger partial charge in [-0.2, -0.15) is 13.2 Å². The molecule has 2 aromatic rings. The number of amides is 9. The number of ether oxygens (including phenoxy) is 2. The van der Waals surface area contributed by atoms with Crippen LogP contribution in [0.15, 0.2) is 84.0 Å². The number of unbranched alkanes of at least 4 members (excludes halogenated alkanes) is 8. The molecule has 0 aromatic heterocycles. The minimum Gasteiger partial charge on any atom is -0.485 e. The third-order valence-corrected chi connectivity index (χ3v) is 28.6. The number of carbonyl (C=O) groups is 15. The van der Waals surface area contributed by atoms with Crippen molar-refractivity contribution in [1.29, 1.82) is 0 Å². The van der Waals surface area contributed by atoms with E-state index in [1.54, 1.807) is 45.9 Å². The fourth-order valence-corrected chi connectivity index (χ4v) is 22.0. The molecule has 670 valence electrons. The minimum atomic E-state index is -5.08. The van der Waals surface area contributed by atoms with E-state index in [1.807, 2.05) is 13.8 Å². The number of nitrogens with two attached hydrogens (primary N) is 1. The number of allylic oxidation sites excluding steroid dienone is 8. The molecule has 2 aromatic carbocycles. The number of Topliss-reactive ketones (excluding diaryl/α,β-unsaturated/α-hetero) is 2. The Kier molecular flexibility index (Phi) is 28.5. The number of halogens is 5. The van der Waals surface area contributed by atoms with Crippen molar-refractivity contribution in [2.24, 2.45) is 62.9 Å². The normalized spacial score (nSPS) is 33.6. The number of nitrogens with zero attached hydrogens (tertiary/aromatic N) is 2. The summed E-state index contributed by atoms with van der Waals surface area (Å²) < 4.78 is 77.2. The van der Waals surface area contributed by atoms with Crippen LogP contribution in [0.25, 0.3) is 0 Å². The topological polar surface area (TPSA) is 464 Å². The molecule has 0 radical (unpaired) electrons. The largest absolute Gasteiger partial charge is 0.490 e. The molecule has 8 aliphatic carbocycles. The summed E-state index contributed by atoms with van der Waals surface area (Å²) in [6.07, 6.45) is 12.6. The SMILES string of the molecule is C.C[C@@H]1C[C@H]2[C@@H]3CCC4=CC(=O)C=C[C@]4(C)[C@@]3(F)[C@@H](O)C[C@]2(C)[C@@]1(O)C(=O)NCCCCCCCC(=O)COc1cccc2c1C(=O)N(C1CCC(=O)NC1=O)C2=O.C[C@@H]1C[C@H]2[C@@H]3CCC4=CC(=O)C=C[C@]4(C)[C@@]3(F)[C@@H](O)C[C@]2(C)[C@@]1(O)C(=O)O.NCCCCCCCC(=O)COc1cccc2c1C(=O)N(C1CCC(=O)NC1=O)C2=O.O=C(O)C(F)(F)F. The third-order valence-electron chi connectivity index (χ3n) is 28.6. The number of carbonyl (C=O) groups excluding carboxylic acids is 13. The highest BCUT2D eigenvalue weighted by atomic mass is 19.4. The van der Waals surface area contributed by atoms with Gasteiger partial charge in [0.15, 0.2) is 45.7 Å². The van der Waals surface area contributed by atoms with Crippen LogP contribution in [0.4, 0.5) is 22.0 Å². The van der Waals surface area contributed by atoms with Crippen molar-refractivity contribution in [3.05, 3.63) is 106 Å². The van der Waals surface area contributed by atoms with Crippen LogP contribution >= 0.6 is 0 Å². The number of fused-ring (bicyclic) bond motifs is 12. The van der Waals surface area contributed by atoms with E-state index in [4.69, 9.17) is 25.1 Å². The maximum atomic E-state index is 17.4. The Morgan fingerprint density at radius 3 is 1.32 bits per heavy atom. The lowest BCUT2D eigenvalue weighted by Crippen LogP contribution is -2.70. The zero-order chi connectivity index (χ0) is 89.5. The van der Waals surface area contributed by atoms with Crippen LogP contribution in [0.2, 0.25) is 0 Å². The number of aliphatic hydroxyl groups excluding tert-OH is 2. The molecular formula is C89H111F5N6O23. The number of hydrogen-bond donors (Lipinski definition) is 10. The second kappa shape index (κ2) is 36.7. The molecule has 9 amide bonds. The first-order valence-electron chi connectivity index (χ1n) is 41.9. The number of aliphatic carboxylic acids is 2. The van der Waals surface area contributed by atoms with Crippen LogP contribution in [0.5, 0.6) is 11.5 Å². The van der Waals surface area contributed by atoms with Gasteiger partial charge in [0.25, 0.3) is 29.5 Å². The predicted octanol–water partition coefficient (Wildman–Crippen LogP) is 8.86. The summed E-state index contributed by atoms with van der Waals surface area (Å²) in [6.45, 7) is 11.0. The number of alkyl halides is 5. The maximum absolute atomic E-state index is 17.4. The zero-order valence-corrected chi connectivity index (χ0v) is 69.0. The van der Waals surface area contributed by atoms with Gasteiger partial charge in [-0.3, -0.25) is 82.8 Å². The quantitative estimate of drug-likeness (QED) is 0.0252. The smallest absolute Gasteiger partial charge is 0.485 e. The molecule has 18 atom stereocenters. The van der Waals surface area contributed by atoms with E-state index >= 15 is 8.78 Å². The Morgan fingerprint density at radius 1 is 0.545 bits per heavy atom. The van der Waals surface area contributed by atoms with Crippen LogP contribution in [0.1, 0.15) is 245 Å². The van der Waals surface area contributed by atoms with Crippen molar-refractivity contribution in [2.75, 3.05) is 26.3 Å². The van der Waals surface area contributed by atoms with Crippen molar-refractivity contribution >= 4 is 88.2 Å². The Bertz CT molecular complexity index is 4740. The number of benzene rings is 2. The van der Waals surface area contributed by atoms with Gasteiger partial charge in [0.1, 0.15) is 36.8 Å². The molecule has 6 saturated carbocycles. The van der Waals surface area contributed by atoms with Crippen LogP contribution < -0.4 is 31.2 Å². The number of carboxylic acid groups (broad SMARTS) is 2. The summed E-state index contributed by atoms with van der Waals surface area (Å²) in [7, 11) is 0. The van der Waals surface area contributed by atoms with E-state index in [2.05, 4.69) is 16.0 Å². The lowest BCUT2D eigenvalue weighted by atomic mass is 9.44. The first-order chi connectivity index (χ1) is 57.3. The molecule has 12 aliphatic rings. The average Bonchev–Trinajstić information content (AvgIpc) is 1.58. The zero-order valence-electron chi connectivity index (χ0n) is 69.0. The molecule has 14 rings (SSSR count). The number of carboxylic acids is 2. The number of ketones is 4. The number of aliphatic hydroxyl groups is 4. The van der Waals surface area contributed by atoms with Crippen molar-refractivity contribution in [3.63, 3.8) is 0 Å². The highest BCUT2D eigenvalue weighted by Crippen LogP contribution is 2.73. The number of hydrogen-bond acceptors (Lipinski definition) is 22. The molecule has 34 heteroatoms. The predicted molar refractivity (Wildman–Crippen MR) is 428 cm³/mol. The lowest BCUT2D eigenvalue weighted by Gasteiger charge is -2.62. The van der Waals surface area contributed by atoms with Crippen molar-refractivity contribution in [1.82, 2.24) is 25.8 Å². The van der Waals surface area contributed by atoms with Crippen LogP contribution in [0, 0.1) is 57.2 Å². The Hall–Kier alpha value is -9.90. The van der Waals surface area contributed by atoms with Gasteiger partial charge in [0.2, 0.25) is 23.6 Å². The standard InChI is InChI=1S/C43H52FN3O10.C22H27N3O6.C21H27FO5.C2HF3O2.CH4/c1-24-20-30-29-14-13-25-21-26(48)17-18-40(25,2)42(29,44)33(50)22-41(30,3)43(24,56)39(55)45-19-8-6-4-5-7-10-27(49)23-57-32-12-9-11-28-35(32)38(54)47(37(28)53)31-15-16-34(51)46-36(31)52;23-12-5-3-1-2-4-7-14(26)13-31-17-9-6-8-15-19(17)22(30)25(21(15)29)16-10-11-18(27)24-20(16)28;1-11-8-15-14-5-4-12-9-13(23)6-7-18(12,2)20(14,22)16(24)10-19(15,3)21(11,27)17(25)26;3-2(4,5)1(6)7;/h9,11-12,17-18,21,24,29-31,33,50,56H,4-8,10,13-16,19-20,22-23H2,1-3H3,(H,45,55)(H,46,51,52);6,8-9,16H,1-5,7,10-13,23H2,(H,24,27,28);6-7,9,11,14-16,24,27H,4-5,8,10H2,1-3H3,(H,25,26);(H,6,7);1H4/t24-,29+,30+,31?,33+,40+,41+,42+,43+;;11-,14+,15+,16+,18+,19+,20+,21+;;/m1.1../s1. The molecule has 29 nitrogen and oxygen atoms in total. The summed E-state index contributed by atoms with van der Waals surface area (Å²) in [6, 6.07) is 6.90. The highest BCUT2D eigenvalue weighted by Gasteiger charge is 2.78. The number of piperidine rings is 2. The summed E-state index contributed by atoms with van der Waals surface area (Å²) >= 11 is 0. The van der Waals surface area contributed by atoms with Gasteiger partial charge in [-0.25, -0.2) is 18.4 Å². The van der Waals surface area contributed by atoms with E-state index in [0.29, 0.717) is 82.0 Å². The second-order valence-corrected chi connectivity index (χ2v) is 35.4. The van der Waals surface area contributed by atoms with Gasteiger partial charge in [-0.15, -0.1) is 0 Å². The van der Waals surface area contributed by atoms with Crippen molar-refractivity contribution in [2.45, 2.75) is 256 Å². The molecular weight excluding hydrogens is 1620 g/mol. The first-order valence-corrected chi connectivity index (χ1v) is 41.9. The van der Waals surface area contributed by atoms with Gasteiger partial charge < -0.3 is 51.2 Å². The summed E-state index contributed by atoms with van der Waals surface area (Å²) in [5.74, 6) is -12.8. The Balaban J connectivity index is 0.000000201. The number of imide groups is 4. The summed E-state index contributed by atoms with van der Waals surface area (Å²) in [4.78, 5) is 185. The fourth-order valence-electron chi connectivity index (χ4n) is 22.0. The Morgan fingerprint density at radius 2 is 0.927 bits per heavy atom. The molecule has 2 saturated heterocycles. The number of rotatable bonds is 25. The molecule has 4 aliphatic heterocycles. The van der Waals surface area contributed by atoms with Gasteiger partial charge in [0.05, 0.1) is 34.5 Å². The number of nitrogens with one attached hydrogen (secondary N) is 3. The van der Waals surface area contributed by atoms with E-state index in [9.17, 15) is 106 Å². The van der Waals surface area contributed by atoms with Gasteiger partial charge in [-0.1, -0.05) is 109 Å². The van der Waals surface area contributed by atoms with Gasteiger partial charge in [-0.05, 0) is 183 Å². The van der Waals surface area contributed by atoms with E-state index < -0.39 is 163 Å². The van der Waals surface area contributed by atoms with Crippen molar-refractivity contribution < 1.29 is 134 Å². The third kappa shape index (κ3) is 17.0. The van der Waals surface area contributed by atoms with E-state index in [-0.39, 0.29) is 134 Å². The monoisotopic (exact) mass is 1730 g/mol. The van der Waals surface area contributed by atoms with Gasteiger partial charge in [0, 0.05) is 65.7 Å². The second-order valence-electron chi connectivity index (χ2n) is 35.4. The van der Waals surface area contributed by atoms with E-state index in [1.165, 1.54) is 54.6 Å². The van der Waals surface area contributed by atoms with Crippen LogP contribution in [0.3, 0.4) is 0 Å².